The van der Waals surface area contributed by atoms with Gasteiger partial charge in [-0.25, -0.2) is 0 Å². The number of rotatable bonds is 6. The summed E-state index contributed by atoms with van der Waals surface area (Å²) < 4.78 is 2.61. The minimum atomic E-state index is -0.436. The molecule has 0 amide bonds. The molecule has 0 saturated carbocycles. The van der Waals surface area contributed by atoms with Crippen molar-refractivity contribution in [3.05, 3.63) is 222 Å². The normalized spacial score (nSPS) is 12.9. The summed E-state index contributed by atoms with van der Waals surface area (Å²) in [5.41, 5.74) is 13.3. The predicted octanol–water partition coefficient (Wildman–Crippen LogP) is 13.6. The van der Waals surface area contributed by atoms with E-state index in [4.69, 9.17) is 0 Å². The molecule has 10 rings (SSSR count). The fourth-order valence-corrected chi connectivity index (χ4v) is 9.67. The van der Waals surface area contributed by atoms with Crippen molar-refractivity contribution in [2.24, 2.45) is 0 Å². The highest BCUT2D eigenvalue weighted by Crippen LogP contribution is 2.58. The van der Waals surface area contributed by atoms with E-state index in [2.05, 4.69) is 205 Å². The van der Waals surface area contributed by atoms with E-state index in [-0.39, 0.29) is 0 Å². The number of thiophene rings is 1. The molecule has 0 atom stereocenters. The van der Waals surface area contributed by atoms with Crippen LogP contribution in [0.5, 0.6) is 0 Å². The van der Waals surface area contributed by atoms with E-state index in [1.165, 1.54) is 64.7 Å². The quantitative estimate of drug-likeness (QED) is 0.171. The van der Waals surface area contributed by atoms with Crippen LogP contribution < -0.4 is 4.90 Å². The van der Waals surface area contributed by atoms with Gasteiger partial charge >= 0.3 is 0 Å². The lowest BCUT2D eigenvalue weighted by Gasteiger charge is -2.34. The van der Waals surface area contributed by atoms with Gasteiger partial charge in [0, 0.05) is 37.2 Å². The Morgan fingerprint density at radius 3 is 1.59 bits per heavy atom. The van der Waals surface area contributed by atoms with E-state index in [1.807, 2.05) is 11.3 Å². The number of nitrogens with zero attached hydrogens (tertiary/aromatic N) is 1. The average Bonchev–Trinajstić information content (AvgIpc) is 3.73. The van der Waals surface area contributed by atoms with Crippen molar-refractivity contribution < 1.29 is 0 Å². The zero-order valence-electron chi connectivity index (χ0n) is 27.9. The third kappa shape index (κ3) is 4.61. The molecule has 0 radical (unpaired) electrons. The van der Waals surface area contributed by atoms with Crippen molar-refractivity contribution >= 4 is 48.6 Å². The second-order valence-corrected chi connectivity index (χ2v) is 14.3. The van der Waals surface area contributed by atoms with Crippen LogP contribution in [0.25, 0.3) is 42.4 Å². The van der Waals surface area contributed by atoms with E-state index in [1.54, 1.807) is 0 Å². The molecule has 0 unspecified atom stereocenters. The minimum Gasteiger partial charge on any atom is -0.310 e. The van der Waals surface area contributed by atoms with Crippen LogP contribution in [0.2, 0.25) is 0 Å². The Kier molecular flexibility index (Phi) is 6.97. The molecule has 9 aromatic rings. The van der Waals surface area contributed by atoms with Gasteiger partial charge in [0.05, 0.1) is 5.41 Å². The summed E-state index contributed by atoms with van der Waals surface area (Å²) in [6, 6.07) is 73.3. The zero-order chi connectivity index (χ0) is 33.8. The molecule has 1 aliphatic rings. The molecular formula is C49H33NS. The highest BCUT2D eigenvalue weighted by Gasteiger charge is 2.46. The molecule has 0 spiro atoms. The maximum Gasteiger partial charge on any atom is 0.0727 e. The van der Waals surface area contributed by atoms with E-state index >= 15 is 0 Å². The monoisotopic (exact) mass is 667 g/mol. The summed E-state index contributed by atoms with van der Waals surface area (Å²) in [6.07, 6.45) is 0. The molecule has 240 valence electrons. The van der Waals surface area contributed by atoms with Crippen molar-refractivity contribution in [3.63, 3.8) is 0 Å². The van der Waals surface area contributed by atoms with Crippen LogP contribution in [-0.2, 0) is 5.41 Å². The lowest BCUT2D eigenvalue weighted by molar-refractivity contribution is 0.778. The smallest absolute Gasteiger partial charge is 0.0727 e. The maximum atomic E-state index is 2.38. The first-order chi connectivity index (χ1) is 25.3. The fourth-order valence-electron chi connectivity index (χ4n) is 8.36. The van der Waals surface area contributed by atoms with Crippen molar-refractivity contribution in [3.8, 4) is 22.3 Å². The minimum absolute atomic E-state index is 0.436. The van der Waals surface area contributed by atoms with Crippen molar-refractivity contribution in [1.29, 1.82) is 0 Å². The molecule has 0 fully saturated rings. The molecule has 1 aromatic heterocycles. The Hall–Kier alpha value is -6.22. The van der Waals surface area contributed by atoms with Crippen LogP contribution in [0.4, 0.5) is 17.1 Å². The van der Waals surface area contributed by atoms with E-state index < -0.39 is 5.41 Å². The van der Waals surface area contributed by atoms with Crippen LogP contribution >= 0.6 is 11.3 Å². The second-order valence-electron chi connectivity index (χ2n) is 13.3. The third-order valence-corrected chi connectivity index (χ3v) is 11.8. The van der Waals surface area contributed by atoms with Gasteiger partial charge in [-0.2, -0.15) is 0 Å². The second kappa shape index (κ2) is 12.0. The van der Waals surface area contributed by atoms with Crippen LogP contribution in [0.1, 0.15) is 22.3 Å². The summed E-state index contributed by atoms with van der Waals surface area (Å²) in [6.45, 7) is 0. The van der Waals surface area contributed by atoms with Gasteiger partial charge in [0.2, 0.25) is 0 Å². The fraction of sp³-hybridized carbons (Fsp3) is 0.0204. The number of fused-ring (bicyclic) bond motifs is 6. The molecular weight excluding hydrogens is 635 g/mol. The molecule has 0 saturated heterocycles. The van der Waals surface area contributed by atoms with Crippen molar-refractivity contribution in [1.82, 2.24) is 0 Å². The number of benzene rings is 8. The van der Waals surface area contributed by atoms with Crippen molar-refractivity contribution in [2.75, 3.05) is 4.90 Å². The maximum absolute atomic E-state index is 2.38. The number of para-hydroxylation sites is 1. The number of hydrogen-bond donors (Lipinski definition) is 0. The largest absolute Gasteiger partial charge is 0.310 e. The van der Waals surface area contributed by atoms with Gasteiger partial charge < -0.3 is 4.90 Å². The Bertz CT molecular complexity index is 2630. The van der Waals surface area contributed by atoms with E-state index in [0.717, 1.165) is 17.1 Å². The van der Waals surface area contributed by atoms with Crippen LogP contribution in [0.15, 0.2) is 200 Å². The molecule has 8 aromatic carbocycles. The first-order valence-electron chi connectivity index (χ1n) is 17.5. The number of hydrogen-bond acceptors (Lipinski definition) is 2. The first-order valence-corrected chi connectivity index (χ1v) is 18.3. The lowest BCUT2D eigenvalue weighted by atomic mass is 9.67. The molecule has 0 N–H and O–H groups in total. The van der Waals surface area contributed by atoms with Gasteiger partial charge in [-0.1, -0.05) is 164 Å². The van der Waals surface area contributed by atoms with Gasteiger partial charge in [-0.15, -0.1) is 11.3 Å². The van der Waals surface area contributed by atoms with Gasteiger partial charge in [0.25, 0.3) is 0 Å². The summed E-state index contributed by atoms with van der Waals surface area (Å²) in [5.74, 6) is 0. The average molecular weight is 668 g/mol. The Balaban J connectivity index is 1.18. The molecule has 0 bridgehead atoms. The zero-order valence-corrected chi connectivity index (χ0v) is 28.7. The SMILES string of the molecule is c1ccc(-c2ccc(N(c3ccccc3)c3ccc4c(c3)sc3c(C5(c6ccccc6)c6ccccc6-c6ccccc65)cccc34)cc2)cc1. The summed E-state index contributed by atoms with van der Waals surface area (Å²) in [5, 5.41) is 2.59. The van der Waals surface area contributed by atoms with Gasteiger partial charge in [-0.05, 0) is 80.9 Å². The molecule has 0 aliphatic heterocycles. The standard InChI is InChI=1S/C49H33NS/c1-4-15-34(16-5-1)35-27-29-38(30-28-35)50(37-19-8-3-9-20-37)39-31-32-42-43-23-14-26-46(48(43)51-47(42)33-39)49(36-17-6-2-7-18-36)44-24-12-10-21-40(44)41-22-11-13-25-45(41)49/h1-33H. The summed E-state index contributed by atoms with van der Waals surface area (Å²) >= 11 is 1.91. The van der Waals surface area contributed by atoms with Crippen molar-refractivity contribution in [2.45, 2.75) is 5.41 Å². The van der Waals surface area contributed by atoms with Crippen LogP contribution in [0.3, 0.4) is 0 Å². The third-order valence-electron chi connectivity index (χ3n) is 10.6. The van der Waals surface area contributed by atoms with Crippen LogP contribution in [0, 0.1) is 0 Å². The summed E-state index contributed by atoms with van der Waals surface area (Å²) in [7, 11) is 0. The topological polar surface area (TPSA) is 3.24 Å². The highest BCUT2D eigenvalue weighted by molar-refractivity contribution is 7.26. The summed E-state index contributed by atoms with van der Waals surface area (Å²) in [4.78, 5) is 2.37. The lowest BCUT2D eigenvalue weighted by Crippen LogP contribution is -2.28. The Morgan fingerprint density at radius 2 is 0.902 bits per heavy atom. The molecule has 2 heteroatoms. The van der Waals surface area contributed by atoms with Gasteiger partial charge in [-0.3, -0.25) is 0 Å². The Morgan fingerprint density at radius 1 is 0.373 bits per heavy atom. The molecule has 1 aliphatic carbocycles. The predicted molar refractivity (Wildman–Crippen MR) is 217 cm³/mol. The molecule has 1 heterocycles. The van der Waals surface area contributed by atoms with E-state index in [9.17, 15) is 0 Å². The van der Waals surface area contributed by atoms with E-state index in [0.29, 0.717) is 0 Å². The first kappa shape index (κ1) is 29.7. The van der Waals surface area contributed by atoms with Crippen LogP contribution in [-0.4, -0.2) is 0 Å². The van der Waals surface area contributed by atoms with Gasteiger partial charge in [0.15, 0.2) is 0 Å². The highest BCUT2D eigenvalue weighted by atomic mass is 32.1. The molecule has 1 nitrogen and oxygen atoms in total. The number of anilines is 3. The Labute approximate surface area is 302 Å². The van der Waals surface area contributed by atoms with Gasteiger partial charge in [0.1, 0.15) is 0 Å². The molecule has 51 heavy (non-hydrogen) atoms.